The fraction of sp³-hybridized carbons (Fsp3) is 0.308. The first kappa shape index (κ1) is 22.5. The van der Waals surface area contributed by atoms with E-state index in [0.717, 1.165) is 12.0 Å². The van der Waals surface area contributed by atoms with Crippen molar-refractivity contribution < 1.29 is 9.53 Å². The molecule has 2 aromatic heterocycles. The van der Waals surface area contributed by atoms with Crippen LogP contribution in [0.1, 0.15) is 49.0 Å². The van der Waals surface area contributed by atoms with E-state index < -0.39 is 11.5 Å². The van der Waals surface area contributed by atoms with Crippen molar-refractivity contribution in [1.29, 1.82) is 0 Å². The fourth-order valence-corrected chi connectivity index (χ4v) is 4.03. The zero-order chi connectivity index (χ0) is 23.4. The van der Waals surface area contributed by atoms with Gasteiger partial charge in [0.15, 0.2) is 5.56 Å². The summed E-state index contributed by atoms with van der Waals surface area (Å²) in [7, 11) is 1.64. The van der Waals surface area contributed by atoms with E-state index in [1.807, 2.05) is 36.4 Å². The average Bonchev–Trinajstić information content (AvgIpc) is 3.32. The molecule has 0 N–H and O–H groups in total. The Balaban J connectivity index is 1.79. The SMILES string of the molecule is CCCCCc1ccc(-c2cn(-c3c(C(=O)OCC)c(=O)n(C)c4ccccc34)nn2)cc1. The summed E-state index contributed by atoms with van der Waals surface area (Å²) in [6, 6.07) is 15.7. The van der Waals surface area contributed by atoms with Crippen molar-refractivity contribution in [3.63, 3.8) is 0 Å². The number of nitrogens with zero attached hydrogens (tertiary/aromatic N) is 4. The molecule has 0 saturated carbocycles. The maximum atomic E-state index is 13.1. The van der Waals surface area contributed by atoms with Crippen LogP contribution in [0.4, 0.5) is 0 Å². The van der Waals surface area contributed by atoms with E-state index in [1.165, 1.54) is 34.1 Å². The number of unbranched alkanes of at least 4 members (excludes halogenated alkanes) is 2. The molecule has 0 unspecified atom stereocenters. The number of hydrogen-bond acceptors (Lipinski definition) is 5. The molecule has 0 amide bonds. The van der Waals surface area contributed by atoms with Crippen molar-refractivity contribution >= 4 is 16.9 Å². The Hall–Kier alpha value is -3.74. The maximum Gasteiger partial charge on any atom is 0.346 e. The van der Waals surface area contributed by atoms with E-state index in [1.54, 1.807) is 20.2 Å². The third kappa shape index (κ3) is 4.44. The zero-order valence-electron chi connectivity index (χ0n) is 19.2. The predicted octanol–water partition coefficient (Wildman–Crippen LogP) is 4.70. The van der Waals surface area contributed by atoms with E-state index in [-0.39, 0.29) is 12.2 Å². The molecule has 0 aliphatic rings. The number of pyridine rings is 1. The number of benzene rings is 2. The highest BCUT2D eigenvalue weighted by atomic mass is 16.5. The number of hydrogen-bond donors (Lipinski definition) is 0. The van der Waals surface area contributed by atoms with Crippen LogP contribution in [-0.2, 0) is 18.2 Å². The second kappa shape index (κ2) is 9.81. The maximum absolute atomic E-state index is 13.1. The van der Waals surface area contributed by atoms with Crippen molar-refractivity contribution in [1.82, 2.24) is 19.6 Å². The van der Waals surface area contributed by atoms with Crippen LogP contribution in [0, 0.1) is 0 Å². The van der Waals surface area contributed by atoms with Gasteiger partial charge in [0, 0.05) is 18.0 Å². The standard InChI is InChI=1S/C26H28N4O3/c1-4-6-7-10-18-13-15-19(16-14-18)21-17-30(28-27-21)24-20-11-8-9-12-22(20)29(3)25(31)23(24)26(32)33-5-2/h8-9,11-17H,4-7,10H2,1-3H3. The largest absolute Gasteiger partial charge is 0.462 e. The lowest BCUT2D eigenvalue weighted by molar-refractivity contribution is 0.0523. The van der Waals surface area contributed by atoms with Crippen molar-refractivity contribution in [2.24, 2.45) is 7.05 Å². The summed E-state index contributed by atoms with van der Waals surface area (Å²) >= 11 is 0. The van der Waals surface area contributed by atoms with E-state index in [2.05, 4.69) is 29.4 Å². The predicted molar refractivity (Wildman–Crippen MR) is 129 cm³/mol. The molecular formula is C26H28N4O3. The highest BCUT2D eigenvalue weighted by Gasteiger charge is 2.24. The van der Waals surface area contributed by atoms with Gasteiger partial charge in [-0.1, -0.05) is 67.4 Å². The Bertz CT molecular complexity index is 1340. The molecule has 4 aromatic rings. The van der Waals surface area contributed by atoms with Gasteiger partial charge in [-0.15, -0.1) is 5.10 Å². The minimum absolute atomic E-state index is 0.0548. The number of carbonyl (C=O) groups excluding carboxylic acids is 1. The number of aryl methyl sites for hydroxylation is 2. The smallest absolute Gasteiger partial charge is 0.346 e. The molecule has 170 valence electrons. The minimum atomic E-state index is -0.674. The van der Waals surface area contributed by atoms with Gasteiger partial charge in [-0.3, -0.25) is 4.79 Å². The molecule has 0 atom stereocenters. The van der Waals surface area contributed by atoms with Gasteiger partial charge >= 0.3 is 5.97 Å². The summed E-state index contributed by atoms with van der Waals surface area (Å²) in [5.41, 5.74) is 3.46. The lowest BCUT2D eigenvalue weighted by Crippen LogP contribution is -2.28. The molecule has 0 spiro atoms. The van der Waals surface area contributed by atoms with Crippen LogP contribution in [0.2, 0.25) is 0 Å². The normalized spacial score (nSPS) is 11.1. The minimum Gasteiger partial charge on any atom is -0.462 e. The van der Waals surface area contributed by atoms with Gasteiger partial charge < -0.3 is 9.30 Å². The van der Waals surface area contributed by atoms with Crippen LogP contribution < -0.4 is 5.56 Å². The highest BCUT2D eigenvalue weighted by Crippen LogP contribution is 2.26. The van der Waals surface area contributed by atoms with E-state index in [9.17, 15) is 9.59 Å². The number of ether oxygens (including phenoxy) is 1. The molecule has 33 heavy (non-hydrogen) atoms. The van der Waals surface area contributed by atoms with Gasteiger partial charge in [0.2, 0.25) is 0 Å². The zero-order valence-corrected chi connectivity index (χ0v) is 19.2. The molecule has 7 heteroatoms. The summed E-state index contributed by atoms with van der Waals surface area (Å²) in [5, 5.41) is 9.32. The lowest BCUT2D eigenvalue weighted by Gasteiger charge is -2.14. The second-order valence-corrected chi connectivity index (χ2v) is 8.03. The number of carbonyl (C=O) groups is 1. The van der Waals surface area contributed by atoms with E-state index in [0.29, 0.717) is 22.3 Å². The van der Waals surface area contributed by atoms with Crippen molar-refractivity contribution in [2.45, 2.75) is 39.5 Å². The Morgan fingerprint density at radius 1 is 1.03 bits per heavy atom. The van der Waals surface area contributed by atoms with Gasteiger partial charge in [0.1, 0.15) is 5.69 Å². The Morgan fingerprint density at radius 3 is 2.52 bits per heavy atom. The summed E-state index contributed by atoms with van der Waals surface area (Å²) in [6.07, 6.45) is 6.41. The lowest BCUT2D eigenvalue weighted by atomic mass is 10.0. The molecule has 0 fully saturated rings. The summed E-state index contributed by atoms with van der Waals surface area (Å²) in [6.45, 7) is 4.08. The quantitative estimate of drug-likeness (QED) is 0.291. The molecule has 4 rings (SSSR count). The van der Waals surface area contributed by atoms with Crippen molar-refractivity contribution in [2.75, 3.05) is 6.61 Å². The number of fused-ring (bicyclic) bond motifs is 1. The highest BCUT2D eigenvalue weighted by molar-refractivity contribution is 6.01. The van der Waals surface area contributed by atoms with Crippen LogP contribution in [-0.4, -0.2) is 32.1 Å². The molecule has 7 nitrogen and oxygen atoms in total. The van der Waals surface area contributed by atoms with E-state index >= 15 is 0 Å². The van der Waals surface area contributed by atoms with Crippen molar-refractivity contribution in [3.05, 3.63) is 76.2 Å². The number of rotatable bonds is 8. The first-order chi connectivity index (χ1) is 16.0. The van der Waals surface area contributed by atoms with Gasteiger partial charge in [-0.25, -0.2) is 9.48 Å². The monoisotopic (exact) mass is 444 g/mol. The Morgan fingerprint density at radius 2 is 1.79 bits per heavy atom. The molecule has 0 radical (unpaired) electrons. The fourth-order valence-electron chi connectivity index (χ4n) is 4.03. The van der Waals surface area contributed by atoms with Gasteiger partial charge in [0.25, 0.3) is 5.56 Å². The van der Waals surface area contributed by atoms with Crippen LogP contribution in [0.15, 0.2) is 59.5 Å². The topological polar surface area (TPSA) is 79.0 Å². The summed E-state index contributed by atoms with van der Waals surface area (Å²) < 4.78 is 8.16. The summed E-state index contributed by atoms with van der Waals surface area (Å²) in [4.78, 5) is 25.9. The molecule has 0 saturated heterocycles. The number of para-hydroxylation sites is 1. The number of esters is 1. The van der Waals surface area contributed by atoms with Crippen LogP contribution in [0.3, 0.4) is 0 Å². The third-order valence-electron chi connectivity index (χ3n) is 5.80. The van der Waals surface area contributed by atoms with Crippen LogP contribution >= 0.6 is 0 Å². The molecule has 0 aliphatic carbocycles. The first-order valence-electron chi connectivity index (χ1n) is 11.4. The summed E-state index contributed by atoms with van der Waals surface area (Å²) in [5.74, 6) is -0.674. The molecular weight excluding hydrogens is 416 g/mol. The van der Waals surface area contributed by atoms with Gasteiger partial charge in [-0.2, -0.15) is 0 Å². The first-order valence-corrected chi connectivity index (χ1v) is 11.4. The van der Waals surface area contributed by atoms with Crippen molar-refractivity contribution in [3.8, 4) is 16.9 Å². The third-order valence-corrected chi connectivity index (χ3v) is 5.80. The van der Waals surface area contributed by atoms with E-state index in [4.69, 9.17) is 4.74 Å². The second-order valence-electron chi connectivity index (χ2n) is 8.03. The van der Waals surface area contributed by atoms with Crippen LogP contribution in [0.25, 0.3) is 27.8 Å². The molecule has 0 aliphatic heterocycles. The Kier molecular flexibility index (Phi) is 6.68. The molecule has 0 bridgehead atoms. The molecule has 2 aromatic carbocycles. The number of aromatic nitrogens is 4. The average molecular weight is 445 g/mol. The Labute approximate surface area is 192 Å². The molecule has 2 heterocycles. The van der Waals surface area contributed by atoms with Gasteiger partial charge in [0.05, 0.1) is 24.0 Å². The van der Waals surface area contributed by atoms with Gasteiger partial charge in [-0.05, 0) is 31.4 Å². The van der Waals surface area contributed by atoms with Crippen LogP contribution in [0.5, 0.6) is 0 Å².